The summed E-state index contributed by atoms with van der Waals surface area (Å²) in [4.78, 5) is 0. The van der Waals surface area contributed by atoms with Crippen LogP contribution in [0.15, 0.2) is 0 Å². The largest absolute Gasteiger partial charge is 0.315 e. The monoisotopic (exact) mass is 274 g/mol. The number of nitrogens with one attached hydrogen (secondary N) is 1. The van der Waals surface area contributed by atoms with Gasteiger partial charge in [0.2, 0.25) is 10.0 Å². The molecule has 106 valence electrons. The van der Waals surface area contributed by atoms with Crippen molar-refractivity contribution in [2.24, 2.45) is 5.92 Å². The minimum absolute atomic E-state index is 0.332. The van der Waals surface area contributed by atoms with Crippen LogP contribution in [0.4, 0.5) is 0 Å². The second-order valence-corrected chi connectivity index (χ2v) is 7.76. The van der Waals surface area contributed by atoms with Gasteiger partial charge in [-0.3, -0.25) is 0 Å². The average Bonchev–Trinajstić information content (AvgIpc) is 2.38. The lowest BCUT2D eigenvalue weighted by Crippen LogP contribution is -2.49. The molecule has 2 aliphatic rings. The second kappa shape index (κ2) is 6.35. The first-order chi connectivity index (χ1) is 8.63. The molecule has 0 unspecified atom stereocenters. The van der Waals surface area contributed by atoms with Gasteiger partial charge in [-0.2, -0.15) is 0 Å². The summed E-state index contributed by atoms with van der Waals surface area (Å²) in [6.45, 7) is 1.39. The van der Waals surface area contributed by atoms with Crippen LogP contribution in [0.1, 0.15) is 44.9 Å². The molecule has 1 saturated heterocycles. The Bertz CT molecular complexity index is 350. The van der Waals surface area contributed by atoms with Gasteiger partial charge < -0.3 is 5.32 Å². The molecule has 4 nitrogen and oxygen atoms in total. The van der Waals surface area contributed by atoms with Gasteiger partial charge in [-0.05, 0) is 38.6 Å². The Hall–Kier alpha value is -0.130. The molecule has 1 saturated carbocycles. The van der Waals surface area contributed by atoms with E-state index in [1.54, 1.807) is 4.31 Å². The maximum absolute atomic E-state index is 12.0. The molecule has 1 heterocycles. The Balaban J connectivity index is 1.96. The summed E-state index contributed by atoms with van der Waals surface area (Å²) < 4.78 is 25.7. The van der Waals surface area contributed by atoms with Gasteiger partial charge in [0.1, 0.15) is 0 Å². The van der Waals surface area contributed by atoms with Gasteiger partial charge in [0, 0.05) is 19.1 Å². The highest BCUT2D eigenvalue weighted by Gasteiger charge is 2.31. The summed E-state index contributed by atoms with van der Waals surface area (Å²) in [5.41, 5.74) is 0. The lowest BCUT2D eigenvalue weighted by molar-refractivity contribution is 0.236. The van der Waals surface area contributed by atoms with Crippen LogP contribution in [0.2, 0.25) is 0 Å². The minimum atomic E-state index is -2.97. The van der Waals surface area contributed by atoms with Crippen LogP contribution in [0, 0.1) is 5.92 Å². The van der Waals surface area contributed by atoms with Crippen molar-refractivity contribution in [2.45, 2.75) is 51.0 Å². The first-order valence-electron chi connectivity index (χ1n) is 7.28. The zero-order valence-corrected chi connectivity index (χ0v) is 12.2. The van der Waals surface area contributed by atoms with E-state index in [4.69, 9.17) is 0 Å². The molecule has 1 atom stereocenters. The van der Waals surface area contributed by atoms with Crippen LogP contribution in [0.3, 0.4) is 0 Å². The van der Waals surface area contributed by atoms with E-state index in [1.807, 2.05) is 7.05 Å². The van der Waals surface area contributed by atoms with Crippen LogP contribution >= 0.6 is 0 Å². The molecule has 1 aliphatic heterocycles. The summed E-state index contributed by atoms with van der Waals surface area (Å²) in [7, 11) is -1.01. The molecule has 2 fully saturated rings. The van der Waals surface area contributed by atoms with Gasteiger partial charge in [0.05, 0.1) is 5.75 Å². The van der Waals surface area contributed by atoms with Crippen LogP contribution in [0.25, 0.3) is 0 Å². The smallest absolute Gasteiger partial charge is 0.214 e. The fourth-order valence-corrected chi connectivity index (χ4v) is 4.90. The number of sulfonamides is 1. The summed E-state index contributed by atoms with van der Waals surface area (Å²) >= 11 is 0. The van der Waals surface area contributed by atoms with Crippen molar-refractivity contribution < 1.29 is 8.42 Å². The maximum atomic E-state index is 12.0. The van der Waals surface area contributed by atoms with Crippen LogP contribution in [-0.4, -0.2) is 44.7 Å². The highest BCUT2D eigenvalue weighted by molar-refractivity contribution is 7.89. The van der Waals surface area contributed by atoms with Crippen molar-refractivity contribution in [3.63, 3.8) is 0 Å². The van der Waals surface area contributed by atoms with Gasteiger partial charge >= 0.3 is 0 Å². The Kier molecular flexibility index (Phi) is 5.04. The first-order valence-corrected chi connectivity index (χ1v) is 8.89. The molecule has 0 amide bonds. The molecular formula is C13H26N2O2S. The topological polar surface area (TPSA) is 49.4 Å². The van der Waals surface area contributed by atoms with Crippen LogP contribution in [-0.2, 0) is 10.0 Å². The summed E-state index contributed by atoms with van der Waals surface area (Å²) in [5.74, 6) is 0.995. The molecule has 0 radical (unpaired) electrons. The first kappa shape index (κ1) is 14.3. The van der Waals surface area contributed by atoms with Gasteiger partial charge in [-0.1, -0.05) is 19.3 Å². The number of hydrogen-bond acceptors (Lipinski definition) is 3. The Morgan fingerprint density at radius 1 is 1.17 bits per heavy atom. The van der Waals surface area contributed by atoms with E-state index in [9.17, 15) is 8.42 Å². The normalized spacial score (nSPS) is 28.1. The zero-order chi connectivity index (χ0) is 13.0. The quantitative estimate of drug-likeness (QED) is 0.847. The van der Waals surface area contributed by atoms with Crippen molar-refractivity contribution in [2.75, 3.05) is 25.9 Å². The lowest BCUT2D eigenvalue weighted by Gasteiger charge is -2.35. The Morgan fingerprint density at radius 2 is 1.89 bits per heavy atom. The Morgan fingerprint density at radius 3 is 2.50 bits per heavy atom. The lowest BCUT2D eigenvalue weighted by atomic mass is 9.84. The van der Waals surface area contributed by atoms with Crippen molar-refractivity contribution in [1.82, 2.24) is 9.62 Å². The average molecular weight is 274 g/mol. The van der Waals surface area contributed by atoms with E-state index in [2.05, 4.69) is 5.32 Å². The molecule has 2 rings (SSSR count). The third kappa shape index (κ3) is 3.45. The summed E-state index contributed by atoms with van der Waals surface area (Å²) in [5, 5.41) is 3.35. The number of likely N-dealkylation sites (N-methyl/N-ethyl adjacent to an activating group) is 1. The van der Waals surface area contributed by atoms with E-state index in [1.165, 1.54) is 32.1 Å². The van der Waals surface area contributed by atoms with Crippen molar-refractivity contribution in [3.05, 3.63) is 0 Å². The number of rotatable bonds is 4. The molecule has 1 N–H and O–H groups in total. The molecule has 1 aliphatic carbocycles. The van der Waals surface area contributed by atoms with Gasteiger partial charge in [0.25, 0.3) is 0 Å². The van der Waals surface area contributed by atoms with E-state index in [-0.39, 0.29) is 0 Å². The molecule has 0 bridgehead atoms. The van der Waals surface area contributed by atoms with E-state index < -0.39 is 10.0 Å². The standard InChI is InChI=1S/C13H26N2O2S/c1-14-13(12-7-3-2-4-8-12)11-15-9-5-6-10-18(15,16)17/h12-14H,2-11H2,1H3/t13-/m1/s1. The number of nitrogens with zero attached hydrogens (tertiary/aromatic N) is 1. The van der Waals surface area contributed by atoms with Crippen molar-refractivity contribution >= 4 is 10.0 Å². The SMILES string of the molecule is CN[C@H](CN1CCCCS1(=O)=O)C1CCCCC1. The summed E-state index contributed by atoms with van der Waals surface area (Å²) in [6.07, 6.45) is 8.28. The fraction of sp³-hybridized carbons (Fsp3) is 1.00. The molecule has 18 heavy (non-hydrogen) atoms. The molecule has 0 aromatic rings. The zero-order valence-electron chi connectivity index (χ0n) is 11.4. The highest BCUT2D eigenvalue weighted by Crippen LogP contribution is 2.27. The third-order valence-corrected chi connectivity index (χ3v) is 6.37. The van der Waals surface area contributed by atoms with Crippen molar-refractivity contribution in [3.8, 4) is 0 Å². The van der Waals surface area contributed by atoms with Gasteiger partial charge in [-0.25, -0.2) is 12.7 Å². The second-order valence-electron chi connectivity index (χ2n) is 5.67. The fourth-order valence-electron chi connectivity index (χ4n) is 3.28. The molecule has 0 aromatic carbocycles. The number of hydrogen-bond donors (Lipinski definition) is 1. The predicted octanol–water partition coefficient (Wildman–Crippen LogP) is 1.58. The van der Waals surface area contributed by atoms with Gasteiger partial charge in [0.15, 0.2) is 0 Å². The third-order valence-electron chi connectivity index (χ3n) is 4.44. The minimum Gasteiger partial charge on any atom is -0.315 e. The molecule has 5 heteroatoms. The molecule has 0 spiro atoms. The predicted molar refractivity (Wildman–Crippen MR) is 74.0 cm³/mol. The van der Waals surface area contributed by atoms with E-state index in [0.717, 1.165) is 12.8 Å². The Labute approximate surface area is 111 Å². The van der Waals surface area contributed by atoms with E-state index >= 15 is 0 Å². The summed E-state index contributed by atoms with van der Waals surface area (Å²) in [6, 6.07) is 0.332. The van der Waals surface area contributed by atoms with Gasteiger partial charge in [-0.15, -0.1) is 0 Å². The van der Waals surface area contributed by atoms with Crippen LogP contribution < -0.4 is 5.32 Å². The molecular weight excluding hydrogens is 248 g/mol. The van der Waals surface area contributed by atoms with E-state index in [0.29, 0.717) is 30.8 Å². The maximum Gasteiger partial charge on any atom is 0.214 e. The molecule has 0 aromatic heterocycles. The highest BCUT2D eigenvalue weighted by atomic mass is 32.2. The van der Waals surface area contributed by atoms with Crippen LogP contribution in [0.5, 0.6) is 0 Å². The van der Waals surface area contributed by atoms with Crippen molar-refractivity contribution in [1.29, 1.82) is 0 Å².